The van der Waals surface area contributed by atoms with E-state index in [1.165, 1.54) is 18.6 Å². The SMILES string of the molecule is Cc1ccccc1CC(=O)Nc1cc(NC(=O)Nc2c[n+]([C@H]3CCC[C@H](c4cncnc4)C3)no2)cc(C(F)(F)F)c1. The molecule has 0 aliphatic heterocycles. The molecular weight excluding hydrogens is 551 g/mol. The second-order valence-electron chi connectivity index (χ2n) is 10.3. The molecule has 2 aromatic heterocycles. The summed E-state index contributed by atoms with van der Waals surface area (Å²) >= 11 is 0. The molecule has 42 heavy (non-hydrogen) atoms. The molecule has 2 aromatic carbocycles. The summed E-state index contributed by atoms with van der Waals surface area (Å²) in [4.78, 5) is 33.5. The van der Waals surface area contributed by atoms with Crippen LogP contribution in [0, 0.1) is 6.92 Å². The van der Waals surface area contributed by atoms with Gasteiger partial charge in [-0.25, -0.2) is 14.8 Å². The monoisotopic (exact) mass is 580 g/mol. The zero-order valence-corrected chi connectivity index (χ0v) is 22.7. The first-order chi connectivity index (χ1) is 20.1. The van der Waals surface area contributed by atoms with Gasteiger partial charge in [0, 0.05) is 36.6 Å². The maximum Gasteiger partial charge on any atom is 0.416 e. The number of hydrogen-bond acceptors (Lipinski definition) is 6. The lowest BCUT2D eigenvalue weighted by Gasteiger charge is -2.23. The fourth-order valence-corrected chi connectivity index (χ4v) is 5.11. The summed E-state index contributed by atoms with van der Waals surface area (Å²) in [7, 11) is 0. The van der Waals surface area contributed by atoms with Gasteiger partial charge in [0.2, 0.25) is 11.2 Å². The molecule has 3 N–H and O–H groups in total. The molecular formula is C29H29F3N7O3+. The van der Waals surface area contributed by atoms with Gasteiger partial charge in [-0.05, 0) is 65.3 Å². The second kappa shape index (κ2) is 12.4. The van der Waals surface area contributed by atoms with Gasteiger partial charge in [-0.2, -0.15) is 13.2 Å². The molecule has 0 radical (unpaired) electrons. The van der Waals surface area contributed by atoms with E-state index in [4.69, 9.17) is 4.52 Å². The average Bonchev–Trinajstić information content (AvgIpc) is 3.42. The van der Waals surface area contributed by atoms with Gasteiger partial charge in [-0.1, -0.05) is 24.3 Å². The summed E-state index contributed by atoms with van der Waals surface area (Å²) < 4.78 is 47.7. The Balaban J connectivity index is 1.24. The number of carbonyl (C=O) groups is 2. The van der Waals surface area contributed by atoms with Crippen molar-refractivity contribution in [3.05, 3.63) is 89.6 Å². The minimum Gasteiger partial charge on any atom is -0.326 e. The van der Waals surface area contributed by atoms with Gasteiger partial charge in [-0.15, -0.1) is 0 Å². The number of nitrogens with zero attached hydrogens (tertiary/aromatic N) is 4. The first kappa shape index (κ1) is 28.7. The zero-order chi connectivity index (χ0) is 29.7. The number of nitrogens with one attached hydrogen (secondary N) is 3. The van der Waals surface area contributed by atoms with Crippen LogP contribution < -0.4 is 20.6 Å². The maximum atomic E-state index is 13.6. The Morgan fingerprint density at radius 2 is 1.76 bits per heavy atom. The first-order valence-corrected chi connectivity index (χ1v) is 13.4. The summed E-state index contributed by atoms with van der Waals surface area (Å²) in [6.45, 7) is 1.84. The van der Waals surface area contributed by atoms with Crippen LogP contribution in [0.25, 0.3) is 0 Å². The molecule has 13 heteroatoms. The molecule has 1 saturated carbocycles. The van der Waals surface area contributed by atoms with E-state index < -0.39 is 23.7 Å². The second-order valence-corrected chi connectivity index (χ2v) is 10.3. The quantitative estimate of drug-likeness (QED) is 0.237. The molecule has 4 aromatic rings. The molecule has 1 fully saturated rings. The lowest BCUT2D eigenvalue weighted by molar-refractivity contribution is -0.787. The van der Waals surface area contributed by atoms with Crippen molar-refractivity contribution < 1.29 is 32.0 Å². The molecule has 3 amide bonds. The standard InChI is InChI=1S/C29H28F3N7O3/c1-18-5-2-3-6-19(18)10-26(40)35-23-11-22(29(30,31)32)12-24(13-23)36-28(41)37-27-16-39(38-42-27)25-8-4-7-20(9-25)21-14-33-17-34-15-21/h2-3,5-6,11-17,20,25H,4,7-10H2,1H3,(H2-,35,36,37,38,40,41)/p+1/t20-,25-/m0/s1. The lowest BCUT2D eigenvalue weighted by Crippen LogP contribution is -2.42. The molecule has 0 unspecified atom stereocenters. The third-order valence-corrected chi connectivity index (χ3v) is 7.21. The van der Waals surface area contributed by atoms with E-state index in [-0.39, 0.29) is 35.6 Å². The predicted octanol–water partition coefficient (Wildman–Crippen LogP) is 5.80. The van der Waals surface area contributed by atoms with Gasteiger partial charge < -0.3 is 10.6 Å². The third kappa shape index (κ3) is 7.28. The van der Waals surface area contributed by atoms with Crippen LogP contribution in [0.1, 0.15) is 59.9 Å². The van der Waals surface area contributed by atoms with Crippen LogP contribution in [0.2, 0.25) is 0 Å². The number of aryl methyl sites for hydroxylation is 1. The minimum absolute atomic E-state index is 0.0153. The Labute approximate surface area is 239 Å². The highest BCUT2D eigenvalue weighted by molar-refractivity contribution is 6.00. The van der Waals surface area contributed by atoms with E-state index in [2.05, 4.69) is 31.2 Å². The van der Waals surface area contributed by atoms with Crippen molar-refractivity contribution in [2.75, 3.05) is 16.0 Å². The summed E-state index contributed by atoms with van der Waals surface area (Å²) in [5.74, 6) is -0.201. The molecule has 2 atom stereocenters. The fourth-order valence-electron chi connectivity index (χ4n) is 5.11. The Kier molecular flexibility index (Phi) is 8.46. The van der Waals surface area contributed by atoms with Crippen LogP contribution >= 0.6 is 0 Å². The molecule has 1 aliphatic carbocycles. The molecule has 1 aliphatic rings. The highest BCUT2D eigenvalue weighted by atomic mass is 19.4. The van der Waals surface area contributed by atoms with Crippen LogP contribution in [-0.2, 0) is 17.4 Å². The molecule has 0 saturated heterocycles. The number of alkyl halides is 3. The first-order valence-electron chi connectivity index (χ1n) is 13.4. The van der Waals surface area contributed by atoms with E-state index in [0.717, 1.165) is 54.5 Å². The van der Waals surface area contributed by atoms with E-state index in [1.807, 2.05) is 19.1 Å². The van der Waals surface area contributed by atoms with Gasteiger partial charge in [0.25, 0.3) is 6.20 Å². The zero-order valence-electron chi connectivity index (χ0n) is 22.7. The predicted molar refractivity (Wildman–Crippen MR) is 147 cm³/mol. The highest BCUT2D eigenvalue weighted by Gasteiger charge is 2.33. The highest BCUT2D eigenvalue weighted by Crippen LogP contribution is 2.36. The van der Waals surface area contributed by atoms with E-state index in [1.54, 1.807) is 29.2 Å². The fraction of sp³-hybridized carbons (Fsp3) is 0.310. The Hall–Kier alpha value is -4.81. The number of urea groups is 1. The van der Waals surface area contributed by atoms with Crippen molar-refractivity contribution >= 4 is 29.2 Å². The van der Waals surface area contributed by atoms with Gasteiger partial charge in [-0.3, -0.25) is 14.6 Å². The number of benzene rings is 2. The Morgan fingerprint density at radius 1 is 1.02 bits per heavy atom. The van der Waals surface area contributed by atoms with Crippen molar-refractivity contribution in [3.63, 3.8) is 0 Å². The van der Waals surface area contributed by atoms with Gasteiger partial charge in [0.15, 0.2) is 6.04 Å². The van der Waals surface area contributed by atoms with Gasteiger partial charge in [0.1, 0.15) is 6.33 Å². The normalized spacial score (nSPS) is 17.0. The Morgan fingerprint density at radius 3 is 2.50 bits per heavy atom. The number of aromatic nitrogens is 4. The van der Waals surface area contributed by atoms with Gasteiger partial charge >= 0.3 is 18.1 Å². The van der Waals surface area contributed by atoms with Crippen molar-refractivity contribution in [2.45, 2.75) is 57.2 Å². The number of halogens is 3. The lowest BCUT2D eigenvalue weighted by atomic mass is 9.82. The summed E-state index contributed by atoms with van der Waals surface area (Å²) in [5.41, 5.74) is 1.39. The van der Waals surface area contributed by atoms with Crippen LogP contribution in [0.4, 0.5) is 35.2 Å². The topological polar surface area (TPSA) is 126 Å². The Bertz CT molecular complexity index is 1560. The maximum absolute atomic E-state index is 13.6. The number of carbonyl (C=O) groups excluding carboxylic acids is 2. The van der Waals surface area contributed by atoms with Crippen LogP contribution in [0.3, 0.4) is 0 Å². The van der Waals surface area contributed by atoms with Crippen LogP contribution in [0.5, 0.6) is 0 Å². The molecule has 5 rings (SSSR count). The van der Waals surface area contributed by atoms with Crippen molar-refractivity contribution in [2.24, 2.45) is 0 Å². The van der Waals surface area contributed by atoms with E-state index in [9.17, 15) is 22.8 Å². The van der Waals surface area contributed by atoms with Gasteiger partial charge in [0.05, 0.1) is 12.0 Å². The number of amides is 3. The van der Waals surface area contributed by atoms with Crippen LogP contribution in [0.15, 0.2) is 71.9 Å². The van der Waals surface area contributed by atoms with Crippen molar-refractivity contribution in [1.29, 1.82) is 0 Å². The average molecular weight is 581 g/mol. The molecule has 218 valence electrons. The van der Waals surface area contributed by atoms with E-state index in [0.29, 0.717) is 0 Å². The number of hydrogen-bond donors (Lipinski definition) is 3. The minimum atomic E-state index is -4.70. The number of anilines is 3. The van der Waals surface area contributed by atoms with Crippen LogP contribution in [-0.4, -0.2) is 27.2 Å². The van der Waals surface area contributed by atoms with E-state index >= 15 is 0 Å². The third-order valence-electron chi connectivity index (χ3n) is 7.21. The molecule has 0 spiro atoms. The molecule has 0 bridgehead atoms. The molecule has 2 heterocycles. The molecule has 10 nitrogen and oxygen atoms in total. The number of rotatable bonds is 7. The van der Waals surface area contributed by atoms with Crippen molar-refractivity contribution in [1.82, 2.24) is 15.2 Å². The summed E-state index contributed by atoms with van der Waals surface area (Å²) in [5, 5.41) is 11.4. The smallest absolute Gasteiger partial charge is 0.326 e. The van der Waals surface area contributed by atoms with Crippen molar-refractivity contribution in [3.8, 4) is 0 Å². The largest absolute Gasteiger partial charge is 0.416 e. The summed E-state index contributed by atoms with van der Waals surface area (Å²) in [6, 6.07) is 9.27. The summed E-state index contributed by atoms with van der Waals surface area (Å²) in [6.07, 6.45) is 5.55.